The Bertz CT molecular complexity index is 923. The van der Waals surface area contributed by atoms with Crippen molar-refractivity contribution in [2.24, 2.45) is 5.73 Å². The number of hydrogen-bond donors (Lipinski definition) is 1. The lowest BCUT2D eigenvalue weighted by Crippen LogP contribution is -1.95. The fraction of sp³-hybridized carbons (Fsp3) is 0.0556. The topological polar surface area (TPSA) is 52.0 Å². The van der Waals surface area contributed by atoms with Crippen molar-refractivity contribution in [1.82, 2.24) is 4.98 Å². The highest BCUT2D eigenvalue weighted by Gasteiger charge is 2.10. The van der Waals surface area contributed by atoms with Gasteiger partial charge in [-0.2, -0.15) is 0 Å². The van der Waals surface area contributed by atoms with Crippen LogP contribution in [-0.2, 0) is 6.54 Å². The molecule has 0 aliphatic heterocycles. The second-order valence-electron chi connectivity index (χ2n) is 5.05. The molecular formula is C18H14N2O. The van der Waals surface area contributed by atoms with E-state index in [9.17, 15) is 0 Å². The standard InChI is InChI=1S/C18H14N2O/c19-11-12-5-7-14(8-6-12)18-20-17-15-4-2-1-3-13(15)9-10-16(17)21-18/h1-10H,11,19H2. The van der Waals surface area contributed by atoms with Crippen molar-refractivity contribution in [1.29, 1.82) is 0 Å². The van der Waals surface area contributed by atoms with Gasteiger partial charge < -0.3 is 10.2 Å². The molecule has 0 aliphatic carbocycles. The number of rotatable bonds is 2. The highest BCUT2D eigenvalue weighted by molar-refractivity contribution is 6.03. The molecule has 0 fully saturated rings. The molecule has 102 valence electrons. The monoisotopic (exact) mass is 274 g/mol. The number of aromatic nitrogens is 1. The number of hydrogen-bond acceptors (Lipinski definition) is 3. The largest absolute Gasteiger partial charge is 0.436 e. The zero-order valence-electron chi connectivity index (χ0n) is 11.4. The summed E-state index contributed by atoms with van der Waals surface area (Å²) in [7, 11) is 0. The number of oxazole rings is 1. The smallest absolute Gasteiger partial charge is 0.227 e. The fourth-order valence-electron chi connectivity index (χ4n) is 2.57. The molecule has 0 spiro atoms. The van der Waals surface area contributed by atoms with E-state index in [1.165, 1.54) is 5.39 Å². The number of nitrogens with two attached hydrogens (primary N) is 1. The Morgan fingerprint density at radius 2 is 1.71 bits per heavy atom. The quantitative estimate of drug-likeness (QED) is 0.598. The van der Waals surface area contributed by atoms with Gasteiger partial charge in [-0.15, -0.1) is 0 Å². The lowest BCUT2D eigenvalue weighted by molar-refractivity contribution is 0.620. The molecule has 3 nitrogen and oxygen atoms in total. The Hall–Kier alpha value is -2.65. The van der Waals surface area contributed by atoms with Gasteiger partial charge in [-0.3, -0.25) is 0 Å². The van der Waals surface area contributed by atoms with Gasteiger partial charge >= 0.3 is 0 Å². The highest BCUT2D eigenvalue weighted by Crippen LogP contribution is 2.29. The summed E-state index contributed by atoms with van der Waals surface area (Å²) in [6, 6.07) is 20.2. The van der Waals surface area contributed by atoms with Gasteiger partial charge in [0, 0.05) is 17.5 Å². The number of nitrogens with zero attached hydrogens (tertiary/aromatic N) is 1. The maximum absolute atomic E-state index is 5.89. The SMILES string of the molecule is NCc1ccc(-c2nc3c(ccc4ccccc43)o2)cc1. The van der Waals surface area contributed by atoms with E-state index in [2.05, 4.69) is 23.2 Å². The maximum Gasteiger partial charge on any atom is 0.227 e. The Kier molecular flexibility index (Phi) is 2.72. The third kappa shape index (κ3) is 1.99. The first-order chi connectivity index (χ1) is 10.3. The van der Waals surface area contributed by atoms with Gasteiger partial charge in [-0.25, -0.2) is 4.98 Å². The Morgan fingerprint density at radius 1 is 0.905 bits per heavy atom. The molecule has 1 heterocycles. The third-order valence-electron chi connectivity index (χ3n) is 3.72. The van der Waals surface area contributed by atoms with Crippen LogP contribution in [0.4, 0.5) is 0 Å². The van der Waals surface area contributed by atoms with E-state index in [1.807, 2.05) is 42.5 Å². The predicted molar refractivity (Wildman–Crippen MR) is 84.8 cm³/mol. The van der Waals surface area contributed by atoms with Crippen LogP contribution in [-0.4, -0.2) is 4.98 Å². The minimum Gasteiger partial charge on any atom is -0.436 e. The first-order valence-electron chi connectivity index (χ1n) is 6.93. The van der Waals surface area contributed by atoms with Gasteiger partial charge in [0.2, 0.25) is 5.89 Å². The molecule has 1 aromatic heterocycles. The summed E-state index contributed by atoms with van der Waals surface area (Å²) >= 11 is 0. The van der Waals surface area contributed by atoms with Gasteiger partial charge in [0.15, 0.2) is 5.58 Å². The molecule has 0 unspecified atom stereocenters. The van der Waals surface area contributed by atoms with Crippen LogP contribution >= 0.6 is 0 Å². The van der Waals surface area contributed by atoms with E-state index < -0.39 is 0 Å². The fourth-order valence-corrected chi connectivity index (χ4v) is 2.57. The van der Waals surface area contributed by atoms with Crippen molar-refractivity contribution in [2.75, 3.05) is 0 Å². The van der Waals surface area contributed by atoms with Gasteiger partial charge in [0.25, 0.3) is 0 Å². The highest BCUT2D eigenvalue weighted by atomic mass is 16.3. The van der Waals surface area contributed by atoms with Crippen molar-refractivity contribution in [2.45, 2.75) is 6.54 Å². The lowest BCUT2D eigenvalue weighted by atomic mass is 10.1. The summed E-state index contributed by atoms with van der Waals surface area (Å²) in [5, 5.41) is 2.28. The van der Waals surface area contributed by atoms with E-state index in [0.29, 0.717) is 12.4 Å². The molecule has 0 saturated carbocycles. The first kappa shape index (κ1) is 12.1. The van der Waals surface area contributed by atoms with Gasteiger partial charge in [0.05, 0.1) is 0 Å². The molecule has 0 amide bonds. The molecule has 4 rings (SSSR count). The molecule has 3 aromatic carbocycles. The average molecular weight is 274 g/mol. The van der Waals surface area contributed by atoms with Gasteiger partial charge in [0.1, 0.15) is 5.52 Å². The van der Waals surface area contributed by atoms with E-state index >= 15 is 0 Å². The molecule has 2 N–H and O–H groups in total. The maximum atomic E-state index is 5.89. The molecular weight excluding hydrogens is 260 g/mol. The van der Waals surface area contributed by atoms with Gasteiger partial charge in [-0.1, -0.05) is 42.5 Å². The molecule has 0 aliphatic rings. The zero-order valence-corrected chi connectivity index (χ0v) is 11.4. The van der Waals surface area contributed by atoms with Crippen molar-refractivity contribution in [3.05, 3.63) is 66.2 Å². The van der Waals surface area contributed by atoms with Crippen molar-refractivity contribution in [3.8, 4) is 11.5 Å². The molecule has 0 bridgehead atoms. The van der Waals surface area contributed by atoms with Crippen LogP contribution in [0.5, 0.6) is 0 Å². The number of benzene rings is 3. The van der Waals surface area contributed by atoms with Crippen LogP contribution in [0.3, 0.4) is 0 Å². The third-order valence-corrected chi connectivity index (χ3v) is 3.72. The minimum atomic E-state index is 0.540. The van der Waals surface area contributed by atoms with Crippen LogP contribution in [0.25, 0.3) is 33.3 Å². The Balaban J connectivity index is 1.91. The average Bonchev–Trinajstić information content (AvgIpc) is 2.99. The Labute approximate surface area is 122 Å². The van der Waals surface area contributed by atoms with E-state index in [-0.39, 0.29) is 0 Å². The first-order valence-corrected chi connectivity index (χ1v) is 6.93. The molecule has 4 aromatic rings. The molecule has 0 radical (unpaired) electrons. The summed E-state index contributed by atoms with van der Waals surface area (Å²) in [5.74, 6) is 0.643. The van der Waals surface area contributed by atoms with E-state index in [4.69, 9.17) is 10.2 Å². The van der Waals surface area contributed by atoms with Crippen LogP contribution < -0.4 is 5.73 Å². The summed E-state index contributed by atoms with van der Waals surface area (Å²) in [6.45, 7) is 0.540. The van der Waals surface area contributed by atoms with E-state index in [0.717, 1.165) is 27.6 Å². The summed E-state index contributed by atoms with van der Waals surface area (Å²) in [5.41, 5.74) is 9.41. The van der Waals surface area contributed by atoms with Crippen LogP contribution in [0, 0.1) is 0 Å². The minimum absolute atomic E-state index is 0.540. The second kappa shape index (κ2) is 4.72. The van der Waals surface area contributed by atoms with Crippen molar-refractivity contribution < 1.29 is 4.42 Å². The van der Waals surface area contributed by atoms with Crippen LogP contribution in [0.2, 0.25) is 0 Å². The lowest BCUT2D eigenvalue weighted by Gasteiger charge is -1.97. The summed E-state index contributed by atoms with van der Waals surface area (Å²) in [6.07, 6.45) is 0. The Morgan fingerprint density at radius 3 is 2.52 bits per heavy atom. The van der Waals surface area contributed by atoms with Gasteiger partial charge in [-0.05, 0) is 29.1 Å². The van der Waals surface area contributed by atoms with Crippen LogP contribution in [0.1, 0.15) is 5.56 Å². The molecule has 3 heteroatoms. The zero-order chi connectivity index (χ0) is 14.2. The molecule has 21 heavy (non-hydrogen) atoms. The predicted octanol–water partition coefficient (Wildman–Crippen LogP) is 4.11. The summed E-state index contributed by atoms with van der Waals surface area (Å²) in [4.78, 5) is 4.67. The summed E-state index contributed by atoms with van der Waals surface area (Å²) < 4.78 is 5.89. The van der Waals surface area contributed by atoms with Crippen LogP contribution in [0.15, 0.2) is 65.1 Å². The number of fused-ring (bicyclic) bond motifs is 3. The van der Waals surface area contributed by atoms with Crippen molar-refractivity contribution in [3.63, 3.8) is 0 Å². The molecule has 0 saturated heterocycles. The second-order valence-corrected chi connectivity index (χ2v) is 5.05. The van der Waals surface area contributed by atoms with E-state index in [1.54, 1.807) is 0 Å². The van der Waals surface area contributed by atoms with Crippen molar-refractivity contribution >= 4 is 21.9 Å². The molecule has 0 atom stereocenters. The normalized spacial score (nSPS) is 11.3.